The van der Waals surface area contributed by atoms with Crippen LogP contribution in [0.15, 0.2) is 6.33 Å². The predicted molar refractivity (Wildman–Crippen MR) is 72.0 cm³/mol. The molecule has 2 rings (SSSR count). The topological polar surface area (TPSA) is 56.7 Å². The van der Waals surface area contributed by atoms with E-state index in [-0.39, 0.29) is 6.04 Å². The summed E-state index contributed by atoms with van der Waals surface area (Å²) in [7, 11) is 0. The minimum atomic E-state index is 0.234. The van der Waals surface area contributed by atoms with Gasteiger partial charge in [0.2, 0.25) is 0 Å². The fourth-order valence-corrected chi connectivity index (χ4v) is 3.64. The van der Waals surface area contributed by atoms with Gasteiger partial charge in [-0.15, -0.1) is 0 Å². The molecule has 2 N–H and O–H groups in total. The van der Waals surface area contributed by atoms with E-state index in [1.165, 1.54) is 24.3 Å². The van der Waals surface area contributed by atoms with Crippen molar-refractivity contribution in [1.82, 2.24) is 14.8 Å². The second-order valence-electron chi connectivity index (χ2n) is 4.75. The van der Waals surface area contributed by atoms with E-state index in [9.17, 15) is 0 Å². The number of thioether (sulfide) groups is 1. The van der Waals surface area contributed by atoms with E-state index >= 15 is 0 Å². The van der Waals surface area contributed by atoms with Gasteiger partial charge in [-0.2, -0.15) is 16.9 Å². The first kappa shape index (κ1) is 12.9. The zero-order valence-corrected chi connectivity index (χ0v) is 11.3. The Bertz CT molecular complexity index is 333. The largest absolute Gasteiger partial charge is 0.327 e. The van der Waals surface area contributed by atoms with E-state index in [4.69, 9.17) is 5.73 Å². The van der Waals surface area contributed by atoms with Gasteiger partial charge in [-0.05, 0) is 43.6 Å². The first-order valence-electron chi connectivity index (χ1n) is 6.49. The molecule has 0 bridgehead atoms. The highest BCUT2D eigenvalue weighted by Crippen LogP contribution is 2.26. The lowest BCUT2D eigenvalue weighted by molar-refractivity contribution is 0.399. The average molecular weight is 254 g/mol. The molecule has 1 atom stereocenters. The summed E-state index contributed by atoms with van der Waals surface area (Å²) in [5, 5.41) is 4.18. The molecule has 5 heteroatoms. The molecule has 1 fully saturated rings. The average Bonchev–Trinajstić information content (AvgIpc) is 2.77. The van der Waals surface area contributed by atoms with Gasteiger partial charge in [-0.1, -0.05) is 0 Å². The molecule has 1 aromatic heterocycles. The van der Waals surface area contributed by atoms with E-state index in [1.807, 2.05) is 4.68 Å². The number of aryl methyl sites for hydroxylation is 1. The standard InChI is InChI=1S/C12H22N4S/c1-2-16-12(14-9-15-16)8-11(13)7-10-3-5-17-6-4-10/h9-11H,2-8,13H2,1H3. The lowest BCUT2D eigenvalue weighted by Crippen LogP contribution is -2.29. The van der Waals surface area contributed by atoms with Crippen LogP contribution in [0.25, 0.3) is 0 Å². The molecule has 2 heterocycles. The van der Waals surface area contributed by atoms with Crippen LogP contribution >= 0.6 is 11.8 Å². The van der Waals surface area contributed by atoms with Crippen LogP contribution < -0.4 is 5.73 Å². The monoisotopic (exact) mass is 254 g/mol. The Morgan fingerprint density at radius 1 is 1.53 bits per heavy atom. The molecule has 1 aliphatic heterocycles. The van der Waals surface area contributed by atoms with Gasteiger partial charge in [-0.3, -0.25) is 4.68 Å². The second-order valence-corrected chi connectivity index (χ2v) is 5.97. The van der Waals surface area contributed by atoms with Crippen molar-refractivity contribution in [3.05, 3.63) is 12.2 Å². The van der Waals surface area contributed by atoms with Crippen molar-refractivity contribution in [2.75, 3.05) is 11.5 Å². The molecule has 17 heavy (non-hydrogen) atoms. The molecule has 1 aliphatic rings. The molecule has 0 aliphatic carbocycles. The highest BCUT2D eigenvalue weighted by molar-refractivity contribution is 7.99. The summed E-state index contributed by atoms with van der Waals surface area (Å²) in [6, 6.07) is 0.234. The van der Waals surface area contributed by atoms with Gasteiger partial charge in [0.25, 0.3) is 0 Å². The highest BCUT2D eigenvalue weighted by Gasteiger charge is 2.18. The number of nitrogens with two attached hydrogens (primary N) is 1. The Morgan fingerprint density at radius 2 is 2.29 bits per heavy atom. The van der Waals surface area contributed by atoms with Crippen molar-refractivity contribution in [2.24, 2.45) is 11.7 Å². The van der Waals surface area contributed by atoms with Gasteiger partial charge < -0.3 is 5.73 Å². The van der Waals surface area contributed by atoms with Gasteiger partial charge in [0, 0.05) is 19.0 Å². The van der Waals surface area contributed by atoms with Crippen LogP contribution in [-0.2, 0) is 13.0 Å². The van der Waals surface area contributed by atoms with E-state index in [1.54, 1.807) is 6.33 Å². The maximum Gasteiger partial charge on any atom is 0.138 e. The summed E-state index contributed by atoms with van der Waals surface area (Å²) >= 11 is 2.07. The van der Waals surface area contributed by atoms with Crippen molar-refractivity contribution >= 4 is 11.8 Å². The molecule has 0 saturated carbocycles. The molecule has 0 amide bonds. The van der Waals surface area contributed by atoms with E-state index in [0.29, 0.717) is 0 Å². The van der Waals surface area contributed by atoms with E-state index in [0.717, 1.165) is 31.1 Å². The van der Waals surface area contributed by atoms with Gasteiger partial charge in [-0.25, -0.2) is 4.98 Å². The quantitative estimate of drug-likeness (QED) is 0.869. The molecular weight excluding hydrogens is 232 g/mol. The minimum Gasteiger partial charge on any atom is -0.327 e. The van der Waals surface area contributed by atoms with Gasteiger partial charge in [0.15, 0.2) is 0 Å². The predicted octanol–water partition coefficient (Wildman–Crippen LogP) is 1.70. The fraction of sp³-hybridized carbons (Fsp3) is 0.833. The van der Waals surface area contributed by atoms with Crippen molar-refractivity contribution in [2.45, 2.75) is 45.2 Å². The summed E-state index contributed by atoms with van der Waals surface area (Å²) in [6.45, 7) is 2.96. The molecule has 1 saturated heterocycles. The van der Waals surface area contributed by atoms with Crippen molar-refractivity contribution < 1.29 is 0 Å². The molecule has 96 valence electrons. The molecule has 0 radical (unpaired) electrons. The van der Waals surface area contributed by atoms with Crippen molar-refractivity contribution in [3.8, 4) is 0 Å². The third kappa shape index (κ3) is 3.71. The Kier molecular flexibility index (Phi) is 4.86. The summed E-state index contributed by atoms with van der Waals surface area (Å²) in [5.74, 6) is 4.47. The summed E-state index contributed by atoms with van der Waals surface area (Å²) in [5.41, 5.74) is 6.23. The SMILES string of the molecule is CCn1ncnc1CC(N)CC1CCSCC1. The van der Waals surface area contributed by atoms with Crippen LogP contribution in [0.4, 0.5) is 0 Å². The van der Waals surface area contributed by atoms with Gasteiger partial charge in [0.05, 0.1) is 0 Å². The van der Waals surface area contributed by atoms with Crippen molar-refractivity contribution in [1.29, 1.82) is 0 Å². The number of hydrogen-bond donors (Lipinski definition) is 1. The van der Waals surface area contributed by atoms with Crippen LogP contribution in [0.1, 0.15) is 32.0 Å². The van der Waals surface area contributed by atoms with Gasteiger partial charge >= 0.3 is 0 Å². The molecule has 1 aromatic rings. The number of rotatable bonds is 5. The van der Waals surface area contributed by atoms with E-state index in [2.05, 4.69) is 28.8 Å². The Labute approximate surface area is 107 Å². The smallest absolute Gasteiger partial charge is 0.138 e. The molecule has 1 unspecified atom stereocenters. The lowest BCUT2D eigenvalue weighted by Gasteiger charge is -2.24. The van der Waals surface area contributed by atoms with Crippen LogP contribution in [0.2, 0.25) is 0 Å². The third-order valence-electron chi connectivity index (χ3n) is 3.42. The second kappa shape index (κ2) is 6.40. The van der Waals surface area contributed by atoms with Gasteiger partial charge in [0.1, 0.15) is 12.2 Å². The van der Waals surface area contributed by atoms with Crippen molar-refractivity contribution in [3.63, 3.8) is 0 Å². The molecular formula is C12H22N4S. The third-order valence-corrected chi connectivity index (χ3v) is 4.47. The molecule has 0 spiro atoms. The minimum absolute atomic E-state index is 0.234. The Morgan fingerprint density at radius 3 is 3.00 bits per heavy atom. The number of nitrogens with zero attached hydrogens (tertiary/aromatic N) is 3. The first-order chi connectivity index (χ1) is 8.29. The summed E-state index contributed by atoms with van der Waals surface area (Å²) in [6.07, 6.45) is 6.29. The molecule has 0 aromatic carbocycles. The Hall–Kier alpha value is -0.550. The highest BCUT2D eigenvalue weighted by atomic mass is 32.2. The first-order valence-corrected chi connectivity index (χ1v) is 7.65. The summed E-state index contributed by atoms with van der Waals surface area (Å²) < 4.78 is 1.94. The maximum absolute atomic E-state index is 6.23. The normalized spacial score (nSPS) is 19.4. The number of hydrogen-bond acceptors (Lipinski definition) is 4. The van der Waals surface area contributed by atoms with Crippen LogP contribution in [0, 0.1) is 5.92 Å². The summed E-state index contributed by atoms with van der Waals surface area (Å²) in [4.78, 5) is 4.29. The van der Waals surface area contributed by atoms with Crippen LogP contribution in [0.5, 0.6) is 0 Å². The maximum atomic E-state index is 6.23. The number of aromatic nitrogens is 3. The fourth-order valence-electron chi connectivity index (χ4n) is 2.44. The zero-order valence-electron chi connectivity index (χ0n) is 10.5. The molecule has 4 nitrogen and oxygen atoms in total. The Balaban J connectivity index is 1.82. The van der Waals surface area contributed by atoms with Crippen LogP contribution in [-0.4, -0.2) is 32.3 Å². The van der Waals surface area contributed by atoms with Crippen LogP contribution in [0.3, 0.4) is 0 Å². The lowest BCUT2D eigenvalue weighted by atomic mass is 9.93. The van der Waals surface area contributed by atoms with E-state index < -0.39 is 0 Å². The zero-order chi connectivity index (χ0) is 12.1.